The van der Waals surface area contributed by atoms with Gasteiger partial charge >= 0.3 is 11.9 Å². The van der Waals surface area contributed by atoms with Gasteiger partial charge < -0.3 is 40.1 Å². The number of hydrogen-bond donors (Lipinski definition) is 5. The third-order valence-corrected chi connectivity index (χ3v) is 16.6. The molecule has 0 spiro atoms. The Morgan fingerprint density at radius 2 is 1.68 bits per heavy atom. The number of thiophene rings is 1. The van der Waals surface area contributed by atoms with Crippen LogP contribution in [0.5, 0.6) is 11.5 Å². The Balaban J connectivity index is 0.797. The van der Waals surface area contributed by atoms with E-state index in [-0.39, 0.29) is 83.6 Å². The average Bonchev–Trinajstić information content (AvgIpc) is 3.81. The number of aromatic carboxylic acids is 1. The number of benzene rings is 3. The maximum absolute atomic E-state index is 14.0. The first-order valence-electron chi connectivity index (χ1n) is 22.7. The Morgan fingerprint density at radius 1 is 0.942 bits per heavy atom. The molecule has 4 aromatic rings. The molecular formula is C48H53ClN6O12S2. The average molecular weight is 1010 g/mol. The summed E-state index contributed by atoms with van der Waals surface area (Å²) in [6.07, 6.45) is 3.02. The first-order valence-corrected chi connectivity index (χ1v) is 25.5. The summed E-state index contributed by atoms with van der Waals surface area (Å²) in [4.78, 5) is 77.5. The topological polar surface area (TPSA) is 241 Å². The molecule has 4 aliphatic rings. The first kappa shape index (κ1) is 49.4. The fourth-order valence-electron chi connectivity index (χ4n) is 9.60. The number of ether oxygens (including phenoxy) is 2. The van der Waals surface area contributed by atoms with Crippen LogP contribution in [-0.2, 0) is 41.5 Å². The van der Waals surface area contributed by atoms with E-state index in [0.717, 1.165) is 16.9 Å². The second kappa shape index (κ2) is 20.5. The van der Waals surface area contributed by atoms with Crippen LogP contribution in [0.25, 0.3) is 10.4 Å². The Labute approximate surface area is 407 Å². The first-order chi connectivity index (χ1) is 32.8. The number of sulfonamides is 1. The molecule has 0 aliphatic carbocycles. The van der Waals surface area contributed by atoms with Crippen LogP contribution in [0.2, 0.25) is 5.02 Å². The Morgan fingerprint density at radius 3 is 2.41 bits per heavy atom. The second-order valence-electron chi connectivity index (χ2n) is 18.3. The highest BCUT2D eigenvalue weighted by molar-refractivity contribution is 7.88. The van der Waals surface area contributed by atoms with Gasteiger partial charge in [-0.1, -0.05) is 41.9 Å². The lowest BCUT2D eigenvalue weighted by molar-refractivity contribution is -0.139. The fraction of sp³-hybridized carbons (Fsp3) is 0.417. The predicted molar refractivity (Wildman–Crippen MR) is 257 cm³/mol. The van der Waals surface area contributed by atoms with Gasteiger partial charge in [-0.2, -0.15) is 4.31 Å². The molecule has 1 aromatic heterocycles. The lowest BCUT2D eigenvalue weighted by atomic mass is 9.89. The number of halogens is 1. The molecule has 5 N–H and O–H groups in total. The van der Waals surface area contributed by atoms with Gasteiger partial charge in [-0.25, -0.2) is 18.0 Å². The minimum Gasteiger partial charge on any atom is -0.490 e. The molecule has 8 rings (SSSR count). The van der Waals surface area contributed by atoms with Crippen molar-refractivity contribution in [2.75, 3.05) is 43.4 Å². The number of nitrogens with one attached hydrogen (secondary N) is 3. The monoisotopic (exact) mass is 1000 g/mol. The summed E-state index contributed by atoms with van der Waals surface area (Å²) in [6.45, 7) is 5.44. The van der Waals surface area contributed by atoms with Crippen molar-refractivity contribution in [1.29, 1.82) is 0 Å². The van der Waals surface area contributed by atoms with E-state index in [9.17, 15) is 42.3 Å². The normalized spacial score (nSPS) is 20.0. The van der Waals surface area contributed by atoms with E-state index in [1.165, 1.54) is 9.21 Å². The van der Waals surface area contributed by atoms with Crippen LogP contribution in [-0.4, -0.2) is 125 Å². The largest absolute Gasteiger partial charge is 0.490 e. The predicted octanol–water partition coefficient (Wildman–Crippen LogP) is 6.05. The van der Waals surface area contributed by atoms with Crippen molar-refractivity contribution in [3.63, 3.8) is 0 Å². The Hall–Kier alpha value is -6.06. The number of nitrogens with zero attached hydrogens (tertiary/aromatic N) is 3. The molecule has 3 fully saturated rings. The van der Waals surface area contributed by atoms with E-state index in [1.807, 2.05) is 26.0 Å². The van der Waals surface area contributed by atoms with Crippen LogP contribution in [0.4, 0.5) is 11.4 Å². The summed E-state index contributed by atoms with van der Waals surface area (Å²) >= 11 is 7.40. The van der Waals surface area contributed by atoms with Gasteiger partial charge in [-0.3, -0.25) is 24.5 Å². The van der Waals surface area contributed by atoms with Gasteiger partial charge in [0.25, 0.3) is 5.91 Å². The number of carbonyl (C=O) groups is 6. The molecule has 21 heteroatoms. The molecule has 0 saturated carbocycles. The molecule has 366 valence electrons. The SMILES string of the molecule is CC1(C)C[C@@H](Nc2cccc(-c3sc(C(=O)O)c(OCC(=O)O)c3Cl)c2)CCN1S(=O)(=O)Cc1cccc(NC(=O)CCN2CCC(Oc3cccc4c3CN(C3CCC(=O)NC3=O)C4=O)CC2)c1. The minimum absolute atomic E-state index is 0.00169. The van der Waals surface area contributed by atoms with Crippen LogP contribution >= 0.6 is 22.9 Å². The summed E-state index contributed by atoms with van der Waals surface area (Å²) in [7, 11) is -3.79. The number of fused-ring (bicyclic) bond motifs is 1. The number of carboxylic acids is 2. The number of rotatable bonds is 17. The molecule has 1 unspecified atom stereocenters. The van der Waals surface area contributed by atoms with Crippen LogP contribution in [0.15, 0.2) is 66.7 Å². The number of hydrogen-bond acceptors (Lipinski definition) is 13. The van der Waals surface area contributed by atoms with E-state index in [1.54, 1.807) is 54.6 Å². The number of likely N-dealkylation sites (tertiary alicyclic amines) is 1. The highest BCUT2D eigenvalue weighted by Crippen LogP contribution is 2.46. The van der Waals surface area contributed by atoms with Gasteiger partial charge in [0, 0.05) is 73.1 Å². The van der Waals surface area contributed by atoms with Crippen LogP contribution in [0, 0.1) is 0 Å². The van der Waals surface area contributed by atoms with E-state index in [0.29, 0.717) is 84.0 Å². The van der Waals surface area contributed by atoms with Crippen molar-refractivity contribution < 1.29 is 56.9 Å². The zero-order valence-electron chi connectivity index (χ0n) is 38.0. The highest BCUT2D eigenvalue weighted by Gasteiger charge is 2.43. The third-order valence-electron chi connectivity index (χ3n) is 12.9. The number of amides is 4. The molecule has 4 aliphatic heterocycles. The third kappa shape index (κ3) is 11.4. The second-order valence-corrected chi connectivity index (χ2v) is 21.6. The number of carbonyl (C=O) groups excluding carboxylic acids is 4. The molecule has 3 saturated heterocycles. The maximum Gasteiger partial charge on any atom is 0.349 e. The minimum atomic E-state index is -3.79. The van der Waals surface area contributed by atoms with E-state index in [2.05, 4.69) is 20.9 Å². The molecule has 3 aromatic carbocycles. The zero-order chi connectivity index (χ0) is 49.2. The Bertz CT molecular complexity index is 2790. The number of aliphatic carboxylic acids is 1. The van der Waals surface area contributed by atoms with E-state index >= 15 is 0 Å². The summed E-state index contributed by atoms with van der Waals surface area (Å²) in [5.41, 5.74) is 2.82. The zero-order valence-corrected chi connectivity index (χ0v) is 40.4. The van der Waals surface area contributed by atoms with Gasteiger partial charge in [0.2, 0.25) is 27.7 Å². The molecule has 5 heterocycles. The van der Waals surface area contributed by atoms with Crippen molar-refractivity contribution in [2.24, 2.45) is 0 Å². The van der Waals surface area contributed by atoms with Gasteiger partial charge in [-0.05, 0) is 93.5 Å². The van der Waals surface area contributed by atoms with Crippen molar-refractivity contribution in [3.8, 4) is 21.9 Å². The van der Waals surface area contributed by atoms with Gasteiger partial charge in [0.05, 0.1) is 17.2 Å². The molecule has 2 atom stereocenters. The number of piperidine rings is 3. The molecule has 18 nitrogen and oxygen atoms in total. The van der Waals surface area contributed by atoms with Crippen LogP contribution in [0.3, 0.4) is 0 Å². The fourth-order valence-corrected chi connectivity index (χ4v) is 13.0. The quantitative estimate of drug-likeness (QED) is 0.0758. The number of anilines is 2. The van der Waals surface area contributed by atoms with E-state index in [4.69, 9.17) is 26.2 Å². The van der Waals surface area contributed by atoms with Crippen molar-refractivity contribution in [1.82, 2.24) is 19.4 Å². The van der Waals surface area contributed by atoms with E-state index < -0.39 is 46.1 Å². The number of carboxylic acid groups (broad SMARTS) is 2. The van der Waals surface area contributed by atoms with Gasteiger partial charge in [0.1, 0.15) is 22.9 Å². The molecule has 4 amide bonds. The lowest BCUT2D eigenvalue weighted by Gasteiger charge is -2.45. The van der Waals surface area contributed by atoms with Crippen molar-refractivity contribution in [2.45, 2.75) is 94.8 Å². The van der Waals surface area contributed by atoms with Crippen molar-refractivity contribution in [3.05, 3.63) is 93.3 Å². The Kier molecular flexibility index (Phi) is 14.7. The smallest absolute Gasteiger partial charge is 0.349 e. The van der Waals surface area contributed by atoms with Gasteiger partial charge in [-0.15, -0.1) is 11.3 Å². The lowest BCUT2D eigenvalue weighted by Crippen LogP contribution is -2.55. The van der Waals surface area contributed by atoms with Gasteiger partial charge in [0.15, 0.2) is 17.2 Å². The number of imide groups is 1. The molecule has 0 radical (unpaired) electrons. The summed E-state index contributed by atoms with van der Waals surface area (Å²) in [5, 5.41) is 27.5. The molecule has 69 heavy (non-hydrogen) atoms. The van der Waals surface area contributed by atoms with Crippen LogP contribution in [0.1, 0.15) is 89.9 Å². The standard InChI is InChI=1S/C48H53ClN6O12S2/c1-48(2)24-32(50-31-9-4-7-29(23-31)43-41(49)42(66-26-40(58)59)44(68-43)47(62)63)14-21-55(48)69(64,65)27-28-6-3-8-30(22-28)51-39(57)17-20-53-18-15-33(16-19-53)67-37-11-5-10-34-35(37)25-54(46(34)61)36-12-13-38(56)52-45(36)60/h3-11,22-23,32-33,36,50H,12-21,24-27H2,1-2H3,(H,51,57)(H,58,59)(H,62,63)(H,52,56,60)/t32-,36?/m0/s1. The molecular weight excluding hydrogens is 952 g/mol. The van der Waals surface area contributed by atoms with Crippen molar-refractivity contribution >= 4 is 79.9 Å². The summed E-state index contributed by atoms with van der Waals surface area (Å²) < 4.78 is 41.2. The maximum atomic E-state index is 14.0. The summed E-state index contributed by atoms with van der Waals surface area (Å²) in [6, 6.07) is 18.6. The van der Waals surface area contributed by atoms with Crippen LogP contribution < -0.4 is 25.4 Å². The summed E-state index contributed by atoms with van der Waals surface area (Å²) in [5.74, 6) is -3.67. The molecule has 0 bridgehead atoms. The highest BCUT2D eigenvalue weighted by atomic mass is 35.5.